The van der Waals surface area contributed by atoms with Crippen LogP contribution in [0.3, 0.4) is 0 Å². The predicted molar refractivity (Wildman–Crippen MR) is 61.5 cm³/mol. The van der Waals surface area contributed by atoms with Crippen molar-refractivity contribution in [3.8, 4) is 0 Å². The monoisotopic (exact) mass is 238 g/mol. The summed E-state index contributed by atoms with van der Waals surface area (Å²) >= 11 is 0. The molecular formula is C11H14N2O4. The average molecular weight is 238 g/mol. The molecule has 0 aromatic heterocycles. The first-order valence-electron chi connectivity index (χ1n) is 5.38. The molecule has 1 heterocycles. The zero-order chi connectivity index (χ0) is 12.5. The van der Waals surface area contributed by atoms with E-state index in [1.807, 2.05) is 0 Å². The van der Waals surface area contributed by atoms with Crippen molar-refractivity contribution in [2.45, 2.75) is 18.4 Å². The molecule has 6 heteroatoms. The number of nitro benzene ring substituents is 1. The number of anilines is 1. The Balaban J connectivity index is 2.42. The number of nitrogens with zero attached hydrogens (tertiary/aromatic N) is 1. The normalized spacial score (nSPS) is 23.8. The lowest BCUT2D eigenvalue weighted by atomic mass is 9.90. The van der Waals surface area contributed by atoms with E-state index in [4.69, 9.17) is 10.5 Å². The van der Waals surface area contributed by atoms with Gasteiger partial charge in [0.1, 0.15) is 5.60 Å². The summed E-state index contributed by atoms with van der Waals surface area (Å²) in [5, 5.41) is 20.1. The molecule has 0 aliphatic carbocycles. The van der Waals surface area contributed by atoms with Crippen molar-refractivity contribution < 1.29 is 14.8 Å². The third-order valence-corrected chi connectivity index (χ3v) is 3.10. The molecule has 1 unspecified atom stereocenters. The Bertz CT molecular complexity index is 441. The average Bonchev–Trinajstić information content (AvgIpc) is 2.78. The molecule has 1 aliphatic heterocycles. The summed E-state index contributed by atoms with van der Waals surface area (Å²) in [5.74, 6) is 0. The van der Waals surface area contributed by atoms with E-state index in [0.717, 1.165) is 6.42 Å². The van der Waals surface area contributed by atoms with E-state index in [0.29, 0.717) is 18.6 Å². The first-order chi connectivity index (χ1) is 8.09. The Hall–Kier alpha value is -1.66. The van der Waals surface area contributed by atoms with Gasteiger partial charge in [0.25, 0.3) is 5.69 Å². The zero-order valence-electron chi connectivity index (χ0n) is 9.26. The molecule has 3 N–H and O–H groups in total. The van der Waals surface area contributed by atoms with Gasteiger partial charge in [0, 0.05) is 30.0 Å². The summed E-state index contributed by atoms with van der Waals surface area (Å²) in [5.41, 5.74) is 5.87. The highest BCUT2D eigenvalue weighted by Crippen LogP contribution is 2.39. The maximum absolute atomic E-state index is 10.6. The maximum atomic E-state index is 10.6. The molecule has 1 aromatic carbocycles. The van der Waals surface area contributed by atoms with Gasteiger partial charge in [-0.25, -0.2) is 0 Å². The quantitative estimate of drug-likeness (QED) is 0.468. The van der Waals surface area contributed by atoms with Crippen molar-refractivity contribution in [1.29, 1.82) is 0 Å². The number of non-ortho nitro benzene ring substituents is 1. The lowest BCUT2D eigenvalue weighted by Gasteiger charge is -2.27. The van der Waals surface area contributed by atoms with Crippen molar-refractivity contribution in [2.24, 2.45) is 0 Å². The Labute approximate surface area is 98.2 Å². The summed E-state index contributed by atoms with van der Waals surface area (Å²) in [4.78, 5) is 10.1. The van der Waals surface area contributed by atoms with Gasteiger partial charge in [0.15, 0.2) is 0 Å². The van der Waals surface area contributed by atoms with Crippen LogP contribution in [0.5, 0.6) is 0 Å². The van der Waals surface area contributed by atoms with E-state index < -0.39 is 10.5 Å². The number of ether oxygens (including phenoxy) is 1. The van der Waals surface area contributed by atoms with Gasteiger partial charge in [-0.05, 0) is 18.9 Å². The first-order valence-corrected chi connectivity index (χ1v) is 5.38. The van der Waals surface area contributed by atoms with Gasteiger partial charge in [-0.1, -0.05) is 0 Å². The summed E-state index contributed by atoms with van der Waals surface area (Å²) in [7, 11) is 0. The second-order valence-corrected chi connectivity index (χ2v) is 4.13. The van der Waals surface area contributed by atoms with E-state index in [1.165, 1.54) is 12.1 Å². The standard InChI is InChI=1S/C11H14N2O4/c12-10-6-8(13(15)16)2-3-9(10)11(7-14)4-1-5-17-11/h2-3,6,14H,1,4-5,7,12H2. The molecule has 2 rings (SSSR count). The zero-order valence-corrected chi connectivity index (χ0v) is 9.26. The van der Waals surface area contributed by atoms with E-state index >= 15 is 0 Å². The van der Waals surface area contributed by atoms with Crippen LogP contribution in [0.15, 0.2) is 18.2 Å². The summed E-state index contributed by atoms with van der Waals surface area (Å²) < 4.78 is 5.56. The Morgan fingerprint density at radius 2 is 2.35 bits per heavy atom. The van der Waals surface area contributed by atoms with Crippen LogP contribution in [0, 0.1) is 10.1 Å². The fraction of sp³-hybridized carbons (Fsp3) is 0.455. The third kappa shape index (κ3) is 1.96. The number of aliphatic hydroxyl groups is 1. The first kappa shape index (κ1) is 11.8. The van der Waals surface area contributed by atoms with Crippen LogP contribution in [0.25, 0.3) is 0 Å². The minimum absolute atomic E-state index is 0.0580. The summed E-state index contributed by atoms with van der Waals surface area (Å²) in [6.45, 7) is 0.395. The number of hydrogen-bond donors (Lipinski definition) is 2. The molecule has 1 saturated heterocycles. The van der Waals surface area contributed by atoms with Gasteiger partial charge >= 0.3 is 0 Å². The highest BCUT2D eigenvalue weighted by atomic mass is 16.6. The molecule has 0 saturated carbocycles. The summed E-state index contributed by atoms with van der Waals surface area (Å²) in [6, 6.07) is 4.24. The van der Waals surface area contributed by atoms with Gasteiger partial charge in [0.2, 0.25) is 0 Å². The number of hydrogen-bond acceptors (Lipinski definition) is 5. The molecule has 1 aliphatic rings. The second-order valence-electron chi connectivity index (χ2n) is 4.13. The largest absolute Gasteiger partial charge is 0.398 e. The van der Waals surface area contributed by atoms with Crippen LogP contribution >= 0.6 is 0 Å². The van der Waals surface area contributed by atoms with Crippen molar-refractivity contribution >= 4 is 11.4 Å². The van der Waals surface area contributed by atoms with Gasteiger partial charge < -0.3 is 15.6 Å². The van der Waals surface area contributed by atoms with Gasteiger partial charge in [0.05, 0.1) is 11.5 Å². The topological polar surface area (TPSA) is 98.6 Å². The molecule has 1 aromatic rings. The van der Waals surface area contributed by atoms with E-state index in [2.05, 4.69) is 0 Å². The molecule has 0 amide bonds. The van der Waals surface area contributed by atoms with Crippen LogP contribution in [0.2, 0.25) is 0 Å². The molecule has 92 valence electrons. The van der Waals surface area contributed by atoms with E-state index in [9.17, 15) is 15.2 Å². The highest BCUT2D eigenvalue weighted by Gasteiger charge is 2.38. The van der Waals surface area contributed by atoms with Crippen molar-refractivity contribution in [1.82, 2.24) is 0 Å². The molecular weight excluding hydrogens is 224 g/mol. The Morgan fingerprint density at radius 1 is 1.59 bits per heavy atom. The number of rotatable bonds is 3. The number of nitrogen functional groups attached to an aromatic ring is 1. The third-order valence-electron chi connectivity index (χ3n) is 3.10. The van der Waals surface area contributed by atoms with Crippen LogP contribution in [-0.4, -0.2) is 23.2 Å². The van der Waals surface area contributed by atoms with Crippen LogP contribution in [0.1, 0.15) is 18.4 Å². The Kier molecular flexibility index (Phi) is 2.99. The SMILES string of the molecule is Nc1cc([N+](=O)[O-])ccc1C1(CO)CCCO1. The van der Waals surface area contributed by atoms with Crippen molar-refractivity contribution in [3.63, 3.8) is 0 Å². The fourth-order valence-electron chi connectivity index (χ4n) is 2.20. The number of benzene rings is 1. The lowest BCUT2D eigenvalue weighted by molar-refractivity contribution is -0.384. The fourth-order valence-corrected chi connectivity index (χ4v) is 2.20. The van der Waals surface area contributed by atoms with Gasteiger partial charge in [-0.15, -0.1) is 0 Å². The minimum Gasteiger partial charge on any atom is -0.398 e. The van der Waals surface area contributed by atoms with Gasteiger partial charge in [-0.3, -0.25) is 10.1 Å². The minimum atomic E-state index is -0.792. The van der Waals surface area contributed by atoms with E-state index in [1.54, 1.807) is 6.07 Å². The second kappa shape index (κ2) is 4.31. The molecule has 1 fully saturated rings. The smallest absolute Gasteiger partial charge is 0.271 e. The highest BCUT2D eigenvalue weighted by molar-refractivity contribution is 5.56. The molecule has 0 radical (unpaired) electrons. The molecule has 6 nitrogen and oxygen atoms in total. The molecule has 17 heavy (non-hydrogen) atoms. The van der Waals surface area contributed by atoms with Crippen LogP contribution in [-0.2, 0) is 10.3 Å². The number of aliphatic hydroxyl groups excluding tert-OH is 1. The molecule has 0 spiro atoms. The maximum Gasteiger partial charge on any atom is 0.271 e. The van der Waals surface area contributed by atoms with Crippen molar-refractivity contribution in [3.05, 3.63) is 33.9 Å². The lowest BCUT2D eigenvalue weighted by Crippen LogP contribution is -2.30. The number of nitro groups is 1. The van der Waals surface area contributed by atoms with Gasteiger partial charge in [-0.2, -0.15) is 0 Å². The van der Waals surface area contributed by atoms with E-state index in [-0.39, 0.29) is 18.0 Å². The Morgan fingerprint density at radius 3 is 2.82 bits per heavy atom. The summed E-state index contributed by atoms with van der Waals surface area (Å²) in [6.07, 6.45) is 1.52. The molecule has 0 bridgehead atoms. The van der Waals surface area contributed by atoms with Crippen molar-refractivity contribution in [2.75, 3.05) is 18.9 Å². The molecule has 1 atom stereocenters. The van der Waals surface area contributed by atoms with Crippen LogP contribution < -0.4 is 5.73 Å². The number of nitrogens with two attached hydrogens (primary N) is 1. The van der Waals surface area contributed by atoms with Crippen LogP contribution in [0.4, 0.5) is 11.4 Å². The predicted octanol–water partition coefficient (Wildman–Crippen LogP) is 1.18.